The molecule has 7 nitrogen and oxygen atoms in total. The Morgan fingerprint density at radius 3 is 2.88 bits per heavy atom. The molecule has 2 aliphatic heterocycles. The molecule has 4 rings (SSSR count). The van der Waals surface area contributed by atoms with E-state index in [-0.39, 0.29) is 5.92 Å². The molecule has 2 atom stereocenters. The second-order valence-corrected chi connectivity index (χ2v) is 7.51. The average Bonchev–Trinajstić information content (AvgIpc) is 3.15. The molecule has 0 radical (unpaired) electrons. The van der Waals surface area contributed by atoms with Crippen LogP contribution in [0, 0.1) is 5.41 Å². The van der Waals surface area contributed by atoms with Gasteiger partial charge in [0.1, 0.15) is 5.82 Å². The summed E-state index contributed by atoms with van der Waals surface area (Å²) >= 11 is 3.64. The molecule has 0 saturated carbocycles. The molecule has 128 valence electrons. The molecule has 0 spiro atoms. The minimum absolute atomic E-state index is 0.149. The quantitative estimate of drug-likeness (QED) is 0.801. The molecule has 2 aliphatic rings. The molecule has 2 aromatic rings. The van der Waals surface area contributed by atoms with Crippen LogP contribution in [0.25, 0.3) is 0 Å². The summed E-state index contributed by atoms with van der Waals surface area (Å²) in [6.45, 7) is 2.81. The fourth-order valence-electron chi connectivity index (χ4n) is 3.78. The molecular weight excluding hydrogens is 370 g/mol. The van der Waals surface area contributed by atoms with Crippen molar-refractivity contribution in [2.45, 2.75) is 24.7 Å². The van der Waals surface area contributed by atoms with E-state index < -0.39 is 0 Å². The lowest BCUT2D eigenvalue weighted by atomic mass is 9.95. The maximum absolute atomic E-state index is 8.62. The highest BCUT2D eigenvalue weighted by Gasteiger charge is 2.33. The molecule has 4 heterocycles. The zero-order chi connectivity index (χ0) is 16.8. The van der Waals surface area contributed by atoms with Crippen molar-refractivity contribution in [1.29, 1.82) is 5.41 Å². The lowest BCUT2D eigenvalue weighted by molar-refractivity contribution is 0.449. The summed E-state index contributed by atoms with van der Waals surface area (Å²) in [6.07, 6.45) is 6.23. The number of likely N-dealkylation sites (N-methyl/N-ethyl adjacent to an activating group) is 1. The number of rotatable bonds is 2. The van der Waals surface area contributed by atoms with Crippen molar-refractivity contribution in [1.82, 2.24) is 24.8 Å². The third kappa shape index (κ3) is 2.48. The summed E-state index contributed by atoms with van der Waals surface area (Å²) in [5.41, 5.74) is 2.65. The Balaban J connectivity index is 1.83. The highest BCUT2D eigenvalue weighted by Crippen LogP contribution is 2.32. The minimum atomic E-state index is 0.149. The molecule has 0 bridgehead atoms. The second-order valence-electron chi connectivity index (χ2n) is 6.71. The van der Waals surface area contributed by atoms with Gasteiger partial charge in [0.15, 0.2) is 5.49 Å². The summed E-state index contributed by atoms with van der Waals surface area (Å²) < 4.78 is 4.56. The van der Waals surface area contributed by atoms with Gasteiger partial charge >= 0.3 is 0 Å². The van der Waals surface area contributed by atoms with Gasteiger partial charge in [-0.3, -0.25) is 10.1 Å². The van der Waals surface area contributed by atoms with Crippen LogP contribution in [0.3, 0.4) is 0 Å². The highest BCUT2D eigenvalue weighted by molar-refractivity contribution is 9.10. The summed E-state index contributed by atoms with van der Waals surface area (Å²) in [5, 5.41) is 18.4. The summed E-state index contributed by atoms with van der Waals surface area (Å²) in [7, 11) is 3.94. The van der Waals surface area contributed by atoms with E-state index in [2.05, 4.69) is 31.4 Å². The van der Waals surface area contributed by atoms with Gasteiger partial charge in [-0.1, -0.05) is 0 Å². The summed E-state index contributed by atoms with van der Waals surface area (Å²) in [4.78, 5) is 5.03. The van der Waals surface area contributed by atoms with E-state index in [0.717, 1.165) is 54.0 Å². The zero-order valence-electron chi connectivity index (χ0n) is 14.0. The molecule has 2 aromatic heterocycles. The first-order valence-corrected chi connectivity index (χ1v) is 9.13. The standard InChI is InChI=1S/C16H22BrN7/c1-22-8-11(7-20-22)12-9-23(2)24-15(18)13(17)14(21-16(12)24)10-4-3-5-19-6-10/h7-8,10,12,18-19H,3-6,9H2,1-2H3. The number of nitrogens with zero attached hydrogens (tertiary/aromatic N) is 5. The predicted molar refractivity (Wildman–Crippen MR) is 94.7 cm³/mol. The van der Waals surface area contributed by atoms with E-state index in [0.29, 0.717) is 11.4 Å². The Labute approximate surface area is 149 Å². The van der Waals surface area contributed by atoms with Gasteiger partial charge in [-0.05, 0) is 35.3 Å². The fraction of sp³-hybridized carbons (Fsp3) is 0.562. The van der Waals surface area contributed by atoms with Crippen LogP contribution < -0.4 is 15.8 Å². The van der Waals surface area contributed by atoms with Crippen LogP contribution in [0.4, 0.5) is 0 Å². The Morgan fingerprint density at radius 1 is 1.38 bits per heavy atom. The Hall–Kier alpha value is -1.67. The van der Waals surface area contributed by atoms with Crippen LogP contribution >= 0.6 is 15.9 Å². The van der Waals surface area contributed by atoms with E-state index in [1.807, 2.05) is 35.8 Å². The lowest BCUT2D eigenvalue weighted by Crippen LogP contribution is -2.38. The predicted octanol–water partition coefficient (Wildman–Crippen LogP) is 1.04. The molecule has 8 heteroatoms. The first-order chi connectivity index (χ1) is 11.6. The van der Waals surface area contributed by atoms with Gasteiger partial charge in [0.05, 0.1) is 22.3 Å². The smallest absolute Gasteiger partial charge is 0.161 e. The molecule has 0 aromatic carbocycles. The SMILES string of the molecule is CN1CC(c2cnn(C)c2)c2nc(C3CCCNC3)c(Br)c(=N)n21. The molecule has 2 N–H and O–H groups in total. The van der Waals surface area contributed by atoms with Crippen LogP contribution in [0.15, 0.2) is 16.9 Å². The third-order valence-electron chi connectivity index (χ3n) is 5.01. The van der Waals surface area contributed by atoms with Crippen molar-refractivity contribution in [2.24, 2.45) is 7.05 Å². The molecule has 2 unspecified atom stereocenters. The van der Waals surface area contributed by atoms with E-state index in [4.69, 9.17) is 10.4 Å². The number of nitrogens with one attached hydrogen (secondary N) is 2. The number of piperidine rings is 1. The van der Waals surface area contributed by atoms with E-state index >= 15 is 0 Å². The maximum atomic E-state index is 8.62. The molecule has 1 saturated heterocycles. The van der Waals surface area contributed by atoms with Gasteiger partial charge < -0.3 is 10.3 Å². The Bertz CT molecular complexity index is 818. The van der Waals surface area contributed by atoms with Crippen molar-refractivity contribution in [3.63, 3.8) is 0 Å². The number of fused-ring (bicyclic) bond motifs is 1. The second kappa shape index (κ2) is 6.00. The number of halogens is 1. The first-order valence-electron chi connectivity index (χ1n) is 8.34. The zero-order valence-corrected chi connectivity index (χ0v) is 15.5. The monoisotopic (exact) mass is 391 g/mol. The van der Waals surface area contributed by atoms with Crippen molar-refractivity contribution in [2.75, 3.05) is 31.7 Å². The minimum Gasteiger partial charge on any atom is -0.316 e. The third-order valence-corrected chi connectivity index (χ3v) is 5.79. The molecule has 24 heavy (non-hydrogen) atoms. The van der Waals surface area contributed by atoms with Crippen LogP contribution in [0.1, 0.15) is 41.8 Å². The van der Waals surface area contributed by atoms with Crippen molar-refractivity contribution in [3.8, 4) is 0 Å². The van der Waals surface area contributed by atoms with Crippen molar-refractivity contribution in [3.05, 3.63) is 39.4 Å². The number of hydrogen-bond acceptors (Lipinski definition) is 5. The van der Waals surface area contributed by atoms with Crippen molar-refractivity contribution >= 4 is 15.9 Å². The molecular formula is C16H22BrN7. The van der Waals surface area contributed by atoms with Crippen LogP contribution in [-0.4, -0.2) is 46.1 Å². The van der Waals surface area contributed by atoms with Crippen molar-refractivity contribution < 1.29 is 0 Å². The van der Waals surface area contributed by atoms with Gasteiger partial charge in [0.25, 0.3) is 0 Å². The number of hydrogen-bond donors (Lipinski definition) is 2. The summed E-state index contributed by atoms with van der Waals surface area (Å²) in [6, 6.07) is 0. The van der Waals surface area contributed by atoms with Gasteiger partial charge in [-0.15, -0.1) is 0 Å². The van der Waals surface area contributed by atoms with Crippen LogP contribution in [0.5, 0.6) is 0 Å². The van der Waals surface area contributed by atoms with Gasteiger partial charge in [-0.2, -0.15) is 5.10 Å². The number of aryl methyl sites for hydroxylation is 1. The van der Waals surface area contributed by atoms with E-state index in [1.54, 1.807) is 0 Å². The highest BCUT2D eigenvalue weighted by atomic mass is 79.9. The Morgan fingerprint density at radius 2 is 2.21 bits per heavy atom. The average molecular weight is 392 g/mol. The maximum Gasteiger partial charge on any atom is 0.161 e. The first kappa shape index (κ1) is 15.8. The summed E-state index contributed by atoms with van der Waals surface area (Å²) in [5.74, 6) is 1.46. The fourth-order valence-corrected chi connectivity index (χ4v) is 4.36. The molecule has 1 fully saturated rings. The van der Waals surface area contributed by atoms with Crippen LogP contribution in [0.2, 0.25) is 0 Å². The van der Waals surface area contributed by atoms with Gasteiger partial charge in [-0.25, -0.2) is 9.66 Å². The number of aromatic nitrogens is 4. The normalized spacial score (nSPS) is 23.5. The molecule has 0 aliphatic carbocycles. The van der Waals surface area contributed by atoms with Gasteiger partial charge in [0, 0.05) is 44.9 Å². The largest absolute Gasteiger partial charge is 0.316 e. The Kier molecular flexibility index (Phi) is 3.96. The lowest BCUT2D eigenvalue weighted by Gasteiger charge is -2.25. The van der Waals surface area contributed by atoms with Crippen LogP contribution in [-0.2, 0) is 7.05 Å². The van der Waals surface area contributed by atoms with Gasteiger partial charge in [0.2, 0.25) is 0 Å². The van der Waals surface area contributed by atoms with E-state index in [9.17, 15) is 0 Å². The van der Waals surface area contributed by atoms with E-state index in [1.165, 1.54) is 0 Å². The topological polar surface area (TPSA) is 74.8 Å². The molecule has 0 amide bonds.